The van der Waals surface area contributed by atoms with Crippen LogP contribution in [0.15, 0.2) is 34.0 Å². The molecule has 0 fully saturated rings. The summed E-state index contributed by atoms with van der Waals surface area (Å²) >= 11 is 6.29. The van der Waals surface area contributed by atoms with Crippen molar-refractivity contribution in [2.45, 2.75) is 26.8 Å². The smallest absolute Gasteiger partial charge is 0.332 e. The molecule has 4 aromatic rings. The van der Waals surface area contributed by atoms with E-state index in [1.165, 1.54) is 4.57 Å². The van der Waals surface area contributed by atoms with Gasteiger partial charge in [-0.1, -0.05) is 17.7 Å². The summed E-state index contributed by atoms with van der Waals surface area (Å²) in [4.78, 5) is 30.2. The summed E-state index contributed by atoms with van der Waals surface area (Å²) < 4.78 is 6.14. The maximum absolute atomic E-state index is 13.0. The molecule has 0 unspecified atom stereocenters. The van der Waals surface area contributed by atoms with Crippen LogP contribution in [0, 0.1) is 13.8 Å². The van der Waals surface area contributed by atoms with Gasteiger partial charge in [-0.25, -0.2) is 4.79 Å². The molecular formula is C19H20ClN5O3. The number of aromatic nitrogens is 5. The van der Waals surface area contributed by atoms with Crippen molar-refractivity contribution in [1.82, 2.24) is 23.1 Å². The Balaban J connectivity index is 2.11. The van der Waals surface area contributed by atoms with Crippen LogP contribution in [0.4, 0.5) is 0 Å². The van der Waals surface area contributed by atoms with Crippen LogP contribution in [0.5, 0.6) is 0 Å². The van der Waals surface area contributed by atoms with Crippen LogP contribution < -0.4 is 11.2 Å². The van der Waals surface area contributed by atoms with E-state index in [4.69, 9.17) is 16.7 Å². The Morgan fingerprint density at radius 2 is 1.96 bits per heavy atom. The lowest BCUT2D eigenvalue weighted by atomic mass is 10.2. The number of aliphatic hydroxyl groups is 1. The molecule has 0 saturated heterocycles. The van der Waals surface area contributed by atoms with Gasteiger partial charge >= 0.3 is 5.69 Å². The SMILES string of the molecule is Cc1c(Cl)cccc1-n1c(C)cn2c3c(=O)n(CCCO)c(=O)n(C)c3nc12. The molecule has 3 heterocycles. The first kappa shape index (κ1) is 18.5. The quantitative estimate of drug-likeness (QED) is 0.565. The van der Waals surface area contributed by atoms with Gasteiger partial charge in [-0.15, -0.1) is 0 Å². The first-order valence-electron chi connectivity index (χ1n) is 8.93. The highest BCUT2D eigenvalue weighted by atomic mass is 35.5. The number of hydrogen-bond acceptors (Lipinski definition) is 4. The molecule has 0 aliphatic rings. The van der Waals surface area contributed by atoms with Crippen LogP contribution in [-0.2, 0) is 13.6 Å². The third-order valence-electron chi connectivity index (χ3n) is 5.05. The fourth-order valence-corrected chi connectivity index (χ4v) is 3.74. The topological polar surface area (TPSA) is 86.5 Å². The second kappa shape index (κ2) is 6.65. The fourth-order valence-electron chi connectivity index (χ4n) is 3.57. The number of aliphatic hydroxyl groups excluding tert-OH is 1. The molecule has 0 atom stereocenters. The van der Waals surface area contributed by atoms with Gasteiger partial charge in [0, 0.05) is 37.1 Å². The van der Waals surface area contributed by atoms with Crippen molar-refractivity contribution in [3.05, 3.63) is 61.5 Å². The van der Waals surface area contributed by atoms with Crippen molar-refractivity contribution >= 4 is 28.5 Å². The highest BCUT2D eigenvalue weighted by Crippen LogP contribution is 2.26. The van der Waals surface area contributed by atoms with Crippen LogP contribution >= 0.6 is 11.6 Å². The normalized spacial score (nSPS) is 11.8. The van der Waals surface area contributed by atoms with Gasteiger partial charge in [0.15, 0.2) is 11.2 Å². The van der Waals surface area contributed by atoms with E-state index in [0.717, 1.165) is 21.5 Å². The van der Waals surface area contributed by atoms with E-state index in [-0.39, 0.29) is 13.2 Å². The summed E-state index contributed by atoms with van der Waals surface area (Å²) in [7, 11) is 1.59. The van der Waals surface area contributed by atoms with E-state index in [1.807, 2.05) is 42.8 Å². The highest BCUT2D eigenvalue weighted by molar-refractivity contribution is 6.31. The van der Waals surface area contributed by atoms with Crippen molar-refractivity contribution in [1.29, 1.82) is 0 Å². The van der Waals surface area contributed by atoms with E-state index in [0.29, 0.717) is 28.4 Å². The summed E-state index contributed by atoms with van der Waals surface area (Å²) in [6, 6.07) is 5.62. The maximum atomic E-state index is 13.0. The average molecular weight is 402 g/mol. The third kappa shape index (κ3) is 2.52. The predicted octanol–water partition coefficient (Wildman–Crippen LogP) is 1.79. The summed E-state index contributed by atoms with van der Waals surface area (Å²) in [6.07, 6.45) is 2.15. The van der Waals surface area contributed by atoms with E-state index in [2.05, 4.69) is 4.98 Å². The Bertz CT molecular complexity index is 1340. The zero-order valence-electron chi connectivity index (χ0n) is 15.8. The van der Waals surface area contributed by atoms with Gasteiger partial charge in [-0.05, 0) is 38.0 Å². The summed E-state index contributed by atoms with van der Waals surface area (Å²) in [5.41, 5.74) is 2.42. The lowest BCUT2D eigenvalue weighted by Crippen LogP contribution is -2.39. The number of aryl methyl sites for hydroxylation is 2. The minimum absolute atomic E-state index is 0.0982. The molecule has 0 bridgehead atoms. The number of rotatable bonds is 4. The van der Waals surface area contributed by atoms with Gasteiger partial charge in [0.2, 0.25) is 5.78 Å². The van der Waals surface area contributed by atoms with Crippen molar-refractivity contribution in [2.24, 2.45) is 7.05 Å². The molecule has 28 heavy (non-hydrogen) atoms. The van der Waals surface area contributed by atoms with Crippen molar-refractivity contribution in [2.75, 3.05) is 6.61 Å². The Labute approximate surface area is 164 Å². The molecule has 8 nitrogen and oxygen atoms in total. The average Bonchev–Trinajstić information content (AvgIpc) is 3.17. The van der Waals surface area contributed by atoms with Gasteiger partial charge in [0.05, 0.1) is 5.69 Å². The molecule has 146 valence electrons. The summed E-state index contributed by atoms with van der Waals surface area (Å²) in [5.74, 6) is 0.532. The lowest BCUT2D eigenvalue weighted by molar-refractivity contribution is 0.277. The Kier molecular flexibility index (Phi) is 4.40. The van der Waals surface area contributed by atoms with Gasteiger partial charge < -0.3 is 5.11 Å². The van der Waals surface area contributed by atoms with E-state index in [1.54, 1.807) is 11.4 Å². The summed E-state index contributed by atoms with van der Waals surface area (Å²) in [5, 5.41) is 9.72. The molecular weight excluding hydrogens is 382 g/mol. The van der Waals surface area contributed by atoms with Crippen LogP contribution in [0.1, 0.15) is 17.7 Å². The molecule has 0 aliphatic carbocycles. The van der Waals surface area contributed by atoms with Crippen LogP contribution in [0.3, 0.4) is 0 Å². The third-order valence-corrected chi connectivity index (χ3v) is 5.46. The Hall–Kier alpha value is -2.84. The standard InChI is InChI=1S/C19H20ClN5O3/c1-11-10-24-15-16(22(3)19(28)23(17(15)27)8-5-9-26)21-18(24)25(11)14-7-4-6-13(20)12(14)2/h4,6-7,10,26H,5,8-9H2,1-3H3. The molecule has 4 rings (SSSR count). The molecule has 0 aliphatic heterocycles. The zero-order valence-corrected chi connectivity index (χ0v) is 16.6. The minimum atomic E-state index is -0.450. The Morgan fingerprint density at radius 3 is 2.68 bits per heavy atom. The maximum Gasteiger partial charge on any atom is 0.332 e. The first-order valence-corrected chi connectivity index (χ1v) is 9.31. The second-order valence-corrected chi connectivity index (χ2v) is 7.23. The monoisotopic (exact) mass is 401 g/mol. The number of nitrogens with zero attached hydrogens (tertiary/aromatic N) is 5. The van der Waals surface area contributed by atoms with Gasteiger partial charge in [-0.3, -0.25) is 22.9 Å². The molecule has 0 spiro atoms. The minimum Gasteiger partial charge on any atom is -0.396 e. The zero-order chi connectivity index (χ0) is 20.2. The molecule has 0 radical (unpaired) electrons. The number of benzene rings is 1. The van der Waals surface area contributed by atoms with E-state index in [9.17, 15) is 9.59 Å². The number of imidazole rings is 2. The van der Waals surface area contributed by atoms with Crippen LogP contribution in [0.25, 0.3) is 22.6 Å². The van der Waals surface area contributed by atoms with Gasteiger partial charge in [0.1, 0.15) is 0 Å². The second-order valence-electron chi connectivity index (χ2n) is 6.82. The van der Waals surface area contributed by atoms with Crippen molar-refractivity contribution in [3.63, 3.8) is 0 Å². The number of fused-ring (bicyclic) bond motifs is 3. The highest BCUT2D eigenvalue weighted by Gasteiger charge is 2.21. The van der Waals surface area contributed by atoms with Crippen molar-refractivity contribution in [3.8, 4) is 5.69 Å². The molecule has 3 aromatic heterocycles. The molecule has 1 N–H and O–H groups in total. The number of halogens is 1. The van der Waals surface area contributed by atoms with Gasteiger partial charge in [0.25, 0.3) is 5.56 Å². The fraction of sp³-hybridized carbons (Fsp3) is 0.316. The number of hydrogen-bond donors (Lipinski definition) is 1. The summed E-state index contributed by atoms with van der Waals surface area (Å²) in [6.45, 7) is 3.90. The van der Waals surface area contributed by atoms with Gasteiger partial charge in [-0.2, -0.15) is 4.98 Å². The predicted molar refractivity (Wildman–Crippen MR) is 108 cm³/mol. The molecule has 0 amide bonds. The molecule has 0 saturated carbocycles. The Morgan fingerprint density at radius 1 is 1.21 bits per heavy atom. The lowest BCUT2D eigenvalue weighted by Gasteiger charge is -2.10. The van der Waals surface area contributed by atoms with E-state index < -0.39 is 11.2 Å². The van der Waals surface area contributed by atoms with Crippen molar-refractivity contribution < 1.29 is 5.11 Å². The van der Waals surface area contributed by atoms with Crippen LogP contribution in [-0.4, -0.2) is 34.8 Å². The molecule has 9 heteroatoms. The van der Waals surface area contributed by atoms with Crippen LogP contribution in [0.2, 0.25) is 5.02 Å². The largest absolute Gasteiger partial charge is 0.396 e. The molecule has 1 aromatic carbocycles. The van der Waals surface area contributed by atoms with E-state index >= 15 is 0 Å². The first-order chi connectivity index (χ1) is 13.4.